The van der Waals surface area contributed by atoms with E-state index in [1.807, 2.05) is 23.8 Å². The van der Waals surface area contributed by atoms with E-state index in [0.717, 1.165) is 5.56 Å². The van der Waals surface area contributed by atoms with E-state index < -0.39 is 22.3 Å². The third-order valence-corrected chi connectivity index (χ3v) is 4.27. The van der Waals surface area contributed by atoms with E-state index in [2.05, 4.69) is 0 Å². The molecule has 1 amide bonds. The van der Waals surface area contributed by atoms with Crippen LogP contribution in [0.25, 0.3) is 0 Å². The number of nitro groups is 1. The average Bonchev–Trinajstić information content (AvgIpc) is 2.98. The molecular weight excluding hydrogens is 304 g/mol. The van der Waals surface area contributed by atoms with E-state index in [-0.39, 0.29) is 11.6 Å². The van der Waals surface area contributed by atoms with E-state index in [1.54, 1.807) is 18.4 Å². The van der Waals surface area contributed by atoms with Crippen molar-refractivity contribution in [2.24, 2.45) is 0 Å². The molecule has 1 N–H and O–H groups in total. The molecule has 0 radical (unpaired) electrons. The van der Waals surface area contributed by atoms with Gasteiger partial charge in [-0.05, 0) is 41.8 Å². The average molecular weight is 320 g/mol. The van der Waals surface area contributed by atoms with Gasteiger partial charge in [0.25, 0.3) is 5.91 Å². The minimum absolute atomic E-state index is 0.0612. The van der Waals surface area contributed by atoms with Gasteiger partial charge in [-0.3, -0.25) is 14.9 Å². The van der Waals surface area contributed by atoms with Crippen molar-refractivity contribution in [2.75, 3.05) is 7.05 Å². The molecule has 2 aromatic rings. The first-order chi connectivity index (χ1) is 10.4. The molecule has 2 rings (SSSR count). The Morgan fingerprint density at radius 1 is 1.45 bits per heavy atom. The van der Waals surface area contributed by atoms with Crippen LogP contribution in [-0.4, -0.2) is 33.9 Å². The third-order valence-electron chi connectivity index (χ3n) is 3.53. The molecule has 0 spiro atoms. The van der Waals surface area contributed by atoms with Crippen LogP contribution in [0, 0.1) is 10.1 Å². The fraction of sp³-hybridized carbons (Fsp3) is 0.267. The van der Waals surface area contributed by atoms with Gasteiger partial charge in [0.05, 0.1) is 10.5 Å². The number of carbonyl (C=O) groups is 1. The van der Waals surface area contributed by atoms with Gasteiger partial charge in [0.1, 0.15) is 0 Å². The van der Waals surface area contributed by atoms with Crippen molar-refractivity contribution < 1.29 is 14.8 Å². The molecule has 0 aliphatic carbocycles. The fourth-order valence-corrected chi connectivity index (χ4v) is 2.81. The molecule has 1 aromatic carbocycles. The summed E-state index contributed by atoms with van der Waals surface area (Å²) in [6, 6.07) is 5.84. The molecule has 0 aliphatic heterocycles. The van der Waals surface area contributed by atoms with Gasteiger partial charge in [0, 0.05) is 19.2 Å². The van der Waals surface area contributed by atoms with E-state index in [4.69, 9.17) is 0 Å². The molecule has 1 heterocycles. The highest BCUT2D eigenvalue weighted by Gasteiger charge is 2.25. The van der Waals surface area contributed by atoms with Gasteiger partial charge >= 0.3 is 5.69 Å². The van der Waals surface area contributed by atoms with Crippen molar-refractivity contribution in [3.05, 3.63) is 56.3 Å². The number of amides is 1. The molecule has 0 aliphatic rings. The number of nitro benzene ring substituents is 1. The number of likely N-dealkylation sites (N-methyl/N-ethyl adjacent to an activating group) is 1. The highest BCUT2D eigenvalue weighted by atomic mass is 32.1. The van der Waals surface area contributed by atoms with Crippen molar-refractivity contribution in [1.82, 2.24) is 4.90 Å². The van der Waals surface area contributed by atoms with Gasteiger partial charge in [0.15, 0.2) is 0 Å². The number of rotatable bonds is 5. The largest absolute Gasteiger partial charge is 0.502 e. The normalized spacial score (nSPS) is 11.9. The quantitative estimate of drug-likeness (QED) is 0.678. The fourth-order valence-electron chi connectivity index (χ4n) is 2.13. The standard InChI is InChI=1S/C15H16N2O4S/c1-10(8-11-6-7-22-9-11)16(2)15(19)12-4-3-5-13(14(12)18)17(20)21/h3-7,9-10,18H,8H2,1-2H3/t10-/m1/s1. The van der Waals surface area contributed by atoms with Gasteiger partial charge < -0.3 is 10.0 Å². The zero-order chi connectivity index (χ0) is 16.3. The summed E-state index contributed by atoms with van der Waals surface area (Å²) in [4.78, 5) is 24.1. The van der Waals surface area contributed by atoms with Crippen LogP contribution in [0.2, 0.25) is 0 Å². The number of nitrogens with zero attached hydrogens (tertiary/aromatic N) is 2. The smallest absolute Gasteiger partial charge is 0.311 e. The molecule has 6 nitrogen and oxygen atoms in total. The first kappa shape index (κ1) is 16.0. The van der Waals surface area contributed by atoms with Crippen LogP contribution in [0.4, 0.5) is 5.69 Å². The Labute approximate surface area is 131 Å². The molecule has 116 valence electrons. The number of thiophene rings is 1. The van der Waals surface area contributed by atoms with Crippen LogP contribution in [-0.2, 0) is 6.42 Å². The van der Waals surface area contributed by atoms with Gasteiger partial charge in [-0.25, -0.2) is 0 Å². The van der Waals surface area contributed by atoms with Gasteiger partial charge in [-0.2, -0.15) is 11.3 Å². The van der Waals surface area contributed by atoms with Gasteiger partial charge in [0.2, 0.25) is 5.75 Å². The summed E-state index contributed by atoms with van der Waals surface area (Å²) in [5, 5.41) is 24.7. The second-order valence-electron chi connectivity index (χ2n) is 5.03. The molecule has 0 fully saturated rings. The highest BCUT2D eigenvalue weighted by molar-refractivity contribution is 7.07. The summed E-state index contributed by atoms with van der Waals surface area (Å²) < 4.78 is 0. The van der Waals surface area contributed by atoms with Crippen molar-refractivity contribution in [3.63, 3.8) is 0 Å². The predicted molar refractivity (Wildman–Crippen MR) is 84.3 cm³/mol. The molecule has 1 atom stereocenters. The lowest BCUT2D eigenvalue weighted by Gasteiger charge is -2.25. The SMILES string of the molecule is C[C@H](Cc1ccsc1)N(C)C(=O)c1cccc([N+](=O)[O-])c1O. The number of hydrogen-bond donors (Lipinski definition) is 1. The van der Waals surface area contributed by atoms with Gasteiger partial charge in [-0.1, -0.05) is 6.07 Å². The summed E-state index contributed by atoms with van der Waals surface area (Å²) in [7, 11) is 1.62. The summed E-state index contributed by atoms with van der Waals surface area (Å²) in [6.45, 7) is 1.89. The van der Waals surface area contributed by atoms with E-state index >= 15 is 0 Å². The highest BCUT2D eigenvalue weighted by Crippen LogP contribution is 2.30. The number of hydrogen-bond acceptors (Lipinski definition) is 5. The van der Waals surface area contributed by atoms with E-state index in [0.29, 0.717) is 6.42 Å². The first-order valence-electron chi connectivity index (χ1n) is 6.66. The lowest BCUT2D eigenvalue weighted by atomic mass is 10.1. The monoisotopic (exact) mass is 320 g/mol. The third kappa shape index (κ3) is 3.25. The van der Waals surface area contributed by atoms with Crippen molar-refractivity contribution in [1.29, 1.82) is 0 Å². The zero-order valence-electron chi connectivity index (χ0n) is 12.2. The number of carbonyl (C=O) groups excluding carboxylic acids is 1. The molecule has 0 bridgehead atoms. The summed E-state index contributed by atoms with van der Waals surface area (Å²) >= 11 is 1.59. The molecule has 0 unspecified atom stereocenters. The minimum Gasteiger partial charge on any atom is -0.502 e. The second kappa shape index (κ2) is 6.57. The lowest BCUT2D eigenvalue weighted by Crippen LogP contribution is -2.36. The number of phenols is 1. The Hall–Kier alpha value is -2.41. The molecule has 0 saturated carbocycles. The predicted octanol–water partition coefficient (Wildman–Crippen LogP) is 3.07. The van der Waals surface area contributed by atoms with Crippen LogP contribution in [0.15, 0.2) is 35.0 Å². The topological polar surface area (TPSA) is 83.7 Å². The number of benzene rings is 1. The van der Waals surface area contributed by atoms with Crippen LogP contribution in [0.3, 0.4) is 0 Å². The van der Waals surface area contributed by atoms with Crippen LogP contribution >= 0.6 is 11.3 Å². The Balaban J connectivity index is 2.20. The van der Waals surface area contributed by atoms with Crippen molar-refractivity contribution >= 4 is 22.9 Å². The van der Waals surface area contributed by atoms with Crippen molar-refractivity contribution in [3.8, 4) is 5.75 Å². The maximum atomic E-state index is 12.5. The Bertz CT molecular complexity index is 685. The molecule has 0 saturated heterocycles. The molecule has 22 heavy (non-hydrogen) atoms. The molecule has 1 aromatic heterocycles. The van der Waals surface area contributed by atoms with E-state index in [1.165, 1.54) is 23.1 Å². The maximum absolute atomic E-state index is 12.5. The van der Waals surface area contributed by atoms with Crippen molar-refractivity contribution in [2.45, 2.75) is 19.4 Å². The molecule has 7 heteroatoms. The summed E-state index contributed by atoms with van der Waals surface area (Å²) in [5.41, 5.74) is 0.596. The minimum atomic E-state index is -0.707. The second-order valence-corrected chi connectivity index (χ2v) is 5.81. The summed E-state index contributed by atoms with van der Waals surface area (Å²) in [6.07, 6.45) is 0.682. The maximum Gasteiger partial charge on any atom is 0.311 e. The lowest BCUT2D eigenvalue weighted by molar-refractivity contribution is -0.385. The summed E-state index contributed by atoms with van der Waals surface area (Å²) in [5.74, 6) is -1.03. The Morgan fingerprint density at radius 3 is 2.77 bits per heavy atom. The zero-order valence-corrected chi connectivity index (χ0v) is 13.0. The Kier molecular flexibility index (Phi) is 4.77. The van der Waals surface area contributed by atoms with Gasteiger partial charge in [-0.15, -0.1) is 0 Å². The Morgan fingerprint density at radius 2 is 2.18 bits per heavy atom. The van der Waals surface area contributed by atoms with Crippen LogP contribution < -0.4 is 0 Å². The first-order valence-corrected chi connectivity index (χ1v) is 7.60. The number of aromatic hydroxyl groups is 1. The number of phenolic OH excluding ortho intramolecular Hbond substituents is 1. The molecular formula is C15H16N2O4S. The van der Waals surface area contributed by atoms with Crippen LogP contribution in [0.5, 0.6) is 5.75 Å². The number of para-hydroxylation sites is 1. The van der Waals surface area contributed by atoms with Crippen LogP contribution in [0.1, 0.15) is 22.8 Å². The van der Waals surface area contributed by atoms with E-state index in [9.17, 15) is 20.0 Å².